The lowest BCUT2D eigenvalue weighted by molar-refractivity contribution is 0.183. The minimum atomic E-state index is -0.494. The molecule has 0 saturated heterocycles. The van der Waals surface area contributed by atoms with Gasteiger partial charge in [-0.1, -0.05) is 31.2 Å². The number of imidazole rings is 1. The van der Waals surface area contributed by atoms with Gasteiger partial charge >= 0.3 is 0 Å². The molecule has 1 aromatic carbocycles. The molecule has 20 heavy (non-hydrogen) atoms. The zero-order valence-corrected chi connectivity index (χ0v) is 12.4. The summed E-state index contributed by atoms with van der Waals surface area (Å²) in [7, 11) is 0. The second kappa shape index (κ2) is 7.25. The molecular formula is C17H24N2O. The quantitative estimate of drug-likeness (QED) is 0.783. The van der Waals surface area contributed by atoms with E-state index in [0.717, 1.165) is 38.1 Å². The number of nitrogens with zero attached hydrogens (tertiary/aromatic N) is 2. The van der Waals surface area contributed by atoms with Crippen molar-refractivity contribution in [3.8, 4) is 0 Å². The number of aliphatic hydroxyl groups is 1. The molecule has 1 heterocycles. The molecule has 0 aliphatic carbocycles. The van der Waals surface area contributed by atoms with Gasteiger partial charge in [0.15, 0.2) is 0 Å². The minimum Gasteiger partial charge on any atom is -0.385 e. The van der Waals surface area contributed by atoms with Crippen LogP contribution in [0.1, 0.15) is 49.7 Å². The number of unbranched alkanes of at least 4 members (excludes halogenated alkanes) is 1. The maximum absolute atomic E-state index is 9.59. The third-order valence-corrected chi connectivity index (χ3v) is 3.67. The Hall–Kier alpha value is -1.61. The maximum atomic E-state index is 9.59. The van der Waals surface area contributed by atoms with Crippen molar-refractivity contribution in [2.45, 2.75) is 52.2 Å². The summed E-state index contributed by atoms with van der Waals surface area (Å²) in [5.74, 6) is 0.761. The van der Waals surface area contributed by atoms with Crippen molar-refractivity contribution < 1.29 is 5.11 Å². The van der Waals surface area contributed by atoms with Gasteiger partial charge in [-0.05, 0) is 43.7 Å². The molecule has 1 N–H and O–H groups in total. The molecule has 0 spiro atoms. The number of benzene rings is 1. The number of rotatable bonds is 7. The van der Waals surface area contributed by atoms with Gasteiger partial charge in [0, 0.05) is 18.9 Å². The second-order valence-corrected chi connectivity index (χ2v) is 5.28. The first-order valence-corrected chi connectivity index (χ1v) is 7.47. The summed E-state index contributed by atoms with van der Waals surface area (Å²) in [6.45, 7) is 4.86. The summed E-state index contributed by atoms with van der Waals surface area (Å²) in [5.41, 5.74) is 2.80. The van der Waals surface area contributed by atoms with Crippen molar-refractivity contribution in [3.05, 3.63) is 53.6 Å². The first-order valence-electron chi connectivity index (χ1n) is 7.47. The first kappa shape index (κ1) is 14.8. The Morgan fingerprint density at radius 2 is 1.85 bits per heavy atom. The van der Waals surface area contributed by atoms with Gasteiger partial charge in [0.1, 0.15) is 11.9 Å². The van der Waals surface area contributed by atoms with E-state index in [9.17, 15) is 5.11 Å². The zero-order chi connectivity index (χ0) is 14.4. The minimum absolute atomic E-state index is 0.494. The first-order chi connectivity index (χ1) is 9.70. The molecule has 108 valence electrons. The van der Waals surface area contributed by atoms with Crippen LogP contribution in [-0.4, -0.2) is 14.7 Å². The van der Waals surface area contributed by atoms with Crippen LogP contribution in [0.5, 0.6) is 0 Å². The molecule has 1 aromatic heterocycles. The van der Waals surface area contributed by atoms with Crippen LogP contribution in [0.4, 0.5) is 0 Å². The zero-order valence-electron chi connectivity index (χ0n) is 12.4. The molecule has 1 atom stereocenters. The van der Waals surface area contributed by atoms with Crippen molar-refractivity contribution in [3.63, 3.8) is 0 Å². The molecule has 0 fully saturated rings. The highest BCUT2D eigenvalue weighted by molar-refractivity contribution is 5.22. The van der Waals surface area contributed by atoms with Gasteiger partial charge in [-0.15, -0.1) is 0 Å². The van der Waals surface area contributed by atoms with Gasteiger partial charge in [0.2, 0.25) is 0 Å². The molecule has 0 amide bonds. The summed E-state index contributed by atoms with van der Waals surface area (Å²) in [5, 5.41) is 9.59. The number of aromatic nitrogens is 2. The van der Waals surface area contributed by atoms with E-state index in [2.05, 4.69) is 36.2 Å². The van der Waals surface area contributed by atoms with Gasteiger partial charge in [0.05, 0.1) is 0 Å². The highest BCUT2D eigenvalue weighted by Crippen LogP contribution is 2.12. The summed E-state index contributed by atoms with van der Waals surface area (Å²) < 4.78 is 2.05. The molecule has 0 bridgehead atoms. The third kappa shape index (κ3) is 3.94. The van der Waals surface area contributed by atoms with Crippen LogP contribution in [0.15, 0.2) is 36.7 Å². The average molecular weight is 272 g/mol. The van der Waals surface area contributed by atoms with E-state index in [1.165, 1.54) is 11.1 Å². The fourth-order valence-electron chi connectivity index (χ4n) is 2.43. The molecule has 1 unspecified atom stereocenters. The molecule has 0 radical (unpaired) electrons. The Labute approximate surface area is 121 Å². The van der Waals surface area contributed by atoms with Crippen molar-refractivity contribution >= 4 is 0 Å². The van der Waals surface area contributed by atoms with Crippen LogP contribution < -0.4 is 0 Å². The van der Waals surface area contributed by atoms with Gasteiger partial charge < -0.3 is 9.67 Å². The fraction of sp³-hybridized carbons (Fsp3) is 0.471. The van der Waals surface area contributed by atoms with E-state index < -0.39 is 6.10 Å². The summed E-state index contributed by atoms with van der Waals surface area (Å²) in [6.07, 6.45) is 7.68. The lowest BCUT2D eigenvalue weighted by Crippen LogP contribution is -2.06. The third-order valence-electron chi connectivity index (χ3n) is 3.67. The maximum Gasteiger partial charge on any atom is 0.137 e. The van der Waals surface area contributed by atoms with E-state index in [1.807, 2.05) is 10.8 Å². The van der Waals surface area contributed by atoms with E-state index in [0.29, 0.717) is 0 Å². The Kier molecular flexibility index (Phi) is 5.36. The molecule has 0 aliphatic rings. The topological polar surface area (TPSA) is 38.0 Å². The number of hydrogen-bond donors (Lipinski definition) is 1. The van der Waals surface area contributed by atoms with E-state index in [1.54, 1.807) is 13.1 Å². The summed E-state index contributed by atoms with van der Waals surface area (Å²) in [4.78, 5) is 4.18. The molecule has 3 nitrogen and oxygen atoms in total. The van der Waals surface area contributed by atoms with E-state index >= 15 is 0 Å². The van der Waals surface area contributed by atoms with Gasteiger partial charge in [-0.3, -0.25) is 0 Å². The number of aryl methyl sites for hydroxylation is 3. The lowest BCUT2D eigenvalue weighted by atomic mass is 10.1. The SMILES string of the molecule is CCc1ccc(CCCCn2ccnc2C(C)O)cc1. The lowest BCUT2D eigenvalue weighted by Gasteiger charge is -2.09. The van der Waals surface area contributed by atoms with Gasteiger partial charge in [0.25, 0.3) is 0 Å². The summed E-state index contributed by atoms with van der Waals surface area (Å²) >= 11 is 0. The highest BCUT2D eigenvalue weighted by Gasteiger charge is 2.07. The van der Waals surface area contributed by atoms with E-state index in [-0.39, 0.29) is 0 Å². The average Bonchev–Trinajstić information content (AvgIpc) is 2.93. The Morgan fingerprint density at radius 3 is 2.50 bits per heavy atom. The predicted molar refractivity (Wildman–Crippen MR) is 81.6 cm³/mol. The number of aliphatic hydroxyl groups excluding tert-OH is 1. The Bertz CT molecular complexity index is 514. The smallest absolute Gasteiger partial charge is 0.137 e. The standard InChI is InChI=1S/C17H24N2O/c1-3-15-7-9-16(10-8-15)6-4-5-12-19-13-11-18-17(19)14(2)20/h7-11,13-14,20H,3-6,12H2,1-2H3. The van der Waals surface area contributed by atoms with Crippen LogP contribution in [0.3, 0.4) is 0 Å². The molecule has 2 aromatic rings. The molecule has 0 aliphatic heterocycles. The van der Waals surface area contributed by atoms with Crippen LogP contribution in [0.2, 0.25) is 0 Å². The summed E-state index contributed by atoms with van der Waals surface area (Å²) in [6, 6.07) is 8.90. The fourth-order valence-corrected chi connectivity index (χ4v) is 2.43. The normalized spacial score (nSPS) is 12.6. The van der Waals surface area contributed by atoms with Gasteiger partial charge in [-0.25, -0.2) is 4.98 Å². The Morgan fingerprint density at radius 1 is 1.15 bits per heavy atom. The van der Waals surface area contributed by atoms with Crippen molar-refractivity contribution in [2.75, 3.05) is 0 Å². The highest BCUT2D eigenvalue weighted by atomic mass is 16.3. The van der Waals surface area contributed by atoms with Gasteiger partial charge in [-0.2, -0.15) is 0 Å². The van der Waals surface area contributed by atoms with Crippen molar-refractivity contribution in [1.82, 2.24) is 9.55 Å². The predicted octanol–water partition coefficient (Wildman–Crippen LogP) is 3.52. The van der Waals surface area contributed by atoms with Crippen molar-refractivity contribution in [1.29, 1.82) is 0 Å². The molecule has 3 heteroatoms. The monoisotopic (exact) mass is 272 g/mol. The van der Waals surface area contributed by atoms with Crippen LogP contribution in [0.25, 0.3) is 0 Å². The Balaban J connectivity index is 1.77. The van der Waals surface area contributed by atoms with Crippen molar-refractivity contribution in [2.24, 2.45) is 0 Å². The molecule has 0 saturated carbocycles. The largest absolute Gasteiger partial charge is 0.385 e. The number of hydrogen-bond acceptors (Lipinski definition) is 2. The molecular weight excluding hydrogens is 248 g/mol. The van der Waals surface area contributed by atoms with Crippen LogP contribution >= 0.6 is 0 Å². The van der Waals surface area contributed by atoms with Crippen LogP contribution in [0, 0.1) is 0 Å². The van der Waals surface area contributed by atoms with E-state index in [4.69, 9.17) is 0 Å². The molecule has 2 rings (SSSR count). The van der Waals surface area contributed by atoms with Crippen LogP contribution in [-0.2, 0) is 19.4 Å². The second-order valence-electron chi connectivity index (χ2n) is 5.28.